The van der Waals surface area contributed by atoms with Crippen LogP contribution in [0.15, 0.2) is 71.7 Å². The van der Waals surface area contributed by atoms with E-state index >= 15 is 0 Å². The molecule has 6 nitrogen and oxygen atoms in total. The number of para-hydroxylation sites is 1. The first-order chi connectivity index (χ1) is 11.1. The van der Waals surface area contributed by atoms with Gasteiger partial charge in [-0.05, 0) is 24.3 Å². The molecule has 1 aromatic heterocycles. The number of phenolic OH excluding ortho intramolecular Hbond substituents is 1. The summed E-state index contributed by atoms with van der Waals surface area (Å²) in [4.78, 5) is 24.2. The first-order valence-corrected chi connectivity index (χ1v) is 6.89. The van der Waals surface area contributed by atoms with Crippen molar-refractivity contribution in [3.8, 4) is 11.4 Å². The SMILES string of the molecule is O=C(Nc1ccccc1)c1nn(-c2cccc(O)c2)ccc1=O. The largest absolute Gasteiger partial charge is 0.508 e. The number of hydrogen-bond donors (Lipinski definition) is 2. The van der Waals surface area contributed by atoms with E-state index in [2.05, 4.69) is 10.4 Å². The molecule has 0 radical (unpaired) electrons. The van der Waals surface area contributed by atoms with Crippen LogP contribution in [0.2, 0.25) is 0 Å². The molecule has 0 bridgehead atoms. The summed E-state index contributed by atoms with van der Waals surface area (Å²) in [5, 5.41) is 16.2. The highest BCUT2D eigenvalue weighted by Gasteiger charge is 2.13. The van der Waals surface area contributed by atoms with Crippen LogP contribution in [0.4, 0.5) is 5.69 Å². The smallest absolute Gasteiger partial charge is 0.280 e. The van der Waals surface area contributed by atoms with Crippen LogP contribution in [0.5, 0.6) is 5.75 Å². The van der Waals surface area contributed by atoms with Gasteiger partial charge in [-0.1, -0.05) is 24.3 Å². The molecule has 0 aliphatic carbocycles. The molecular weight excluding hydrogens is 294 g/mol. The van der Waals surface area contributed by atoms with Gasteiger partial charge in [0.2, 0.25) is 5.43 Å². The third-order valence-corrected chi connectivity index (χ3v) is 3.15. The number of aromatic nitrogens is 2. The van der Waals surface area contributed by atoms with Crippen molar-refractivity contribution in [3.05, 3.63) is 82.8 Å². The molecule has 114 valence electrons. The predicted molar refractivity (Wildman–Crippen MR) is 85.9 cm³/mol. The monoisotopic (exact) mass is 307 g/mol. The maximum absolute atomic E-state index is 12.2. The maximum Gasteiger partial charge on any atom is 0.280 e. The Bertz CT molecular complexity index is 904. The molecule has 0 unspecified atom stereocenters. The molecule has 0 saturated carbocycles. The quantitative estimate of drug-likeness (QED) is 0.777. The topological polar surface area (TPSA) is 84.2 Å². The Morgan fingerprint density at radius 2 is 1.83 bits per heavy atom. The van der Waals surface area contributed by atoms with Gasteiger partial charge in [0.1, 0.15) is 5.75 Å². The van der Waals surface area contributed by atoms with E-state index in [1.165, 1.54) is 29.1 Å². The number of rotatable bonds is 3. The van der Waals surface area contributed by atoms with Crippen molar-refractivity contribution in [2.75, 3.05) is 5.32 Å². The molecule has 2 N–H and O–H groups in total. The first kappa shape index (κ1) is 14.5. The van der Waals surface area contributed by atoms with Gasteiger partial charge >= 0.3 is 0 Å². The number of anilines is 1. The molecule has 0 atom stereocenters. The summed E-state index contributed by atoms with van der Waals surface area (Å²) in [7, 11) is 0. The lowest BCUT2D eigenvalue weighted by atomic mass is 10.3. The number of nitrogens with zero attached hydrogens (tertiary/aromatic N) is 2. The minimum Gasteiger partial charge on any atom is -0.508 e. The van der Waals surface area contributed by atoms with Crippen molar-refractivity contribution in [3.63, 3.8) is 0 Å². The van der Waals surface area contributed by atoms with Gasteiger partial charge in [-0.2, -0.15) is 5.10 Å². The van der Waals surface area contributed by atoms with Gasteiger partial charge in [0.05, 0.1) is 5.69 Å². The van der Waals surface area contributed by atoms with Gasteiger partial charge < -0.3 is 10.4 Å². The highest BCUT2D eigenvalue weighted by Crippen LogP contribution is 2.14. The number of carbonyl (C=O) groups is 1. The van der Waals surface area contributed by atoms with E-state index in [9.17, 15) is 14.7 Å². The van der Waals surface area contributed by atoms with Gasteiger partial charge in [0.15, 0.2) is 5.69 Å². The van der Waals surface area contributed by atoms with E-state index in [-0.39, 0.29) is 11.4 Å². The van der Waals surface area contributed by atoms with E-state index in [1.807, 2.05) is 6.07 Å². The predicted octanol–water partition coefficient (Wildman–Crippen LogP) is 2.19. The fourth-order valence-corrected chi connectivity index (χ4v) is 2.06. The lowest BCUT2D eigenvalue weighted by Crippen LogP contribution is -2.25. The molecule has 6 heteroatoms. The van der Waals surface area contributed by atoms with Crippen molar-refractivity contribution in [1.29, 1.82) is 0 Å². The van der Waals surface area contributed by atoms with Crippen LogP contribution < -0.4 is 10.7 Å². The Hall–Kier alpha value is -3.41. The number of amides is 1. The van der Waals surface area contributed by atoms with Crippen LogP contribution in [0.3, 0.4) is 0 Å². The lowest BCUT2D eigenvalue weighted by Gasteiger charge is -2.08. The van der Waals surface area contributed by atoms with Gasteiger partial charge in [0, 0.05) is 24.0 Å². The molecule has 3 rings (SSSR count). The summed E-state index contributed by atoms with van der Waals surface area (Å²) in [6.45, 7) is 0. The molecule has 1 amide bonds. The van der Waals surface area contributed by atoms with Crippen molar-refractivity contribution in [1.82, 2.24) is 9.78 Å². The second-order valence-electron chi connectivity index (χ2n) is 4.81. The van der Waals surface area contributed by atoms with Gasteiger partial charge in [-0.15, -0.1) is 0 Å². The average molecular weight is 307 g/mol. The minimum atomic E-state index is -0.587. The zero-order valence-electron chi connectivity index (χ0n) is 12.0. The lowest BCUT2D eigenvalue weighted by molar-refractivity contribution is 0.101. The number of hydrogen-bond acceptors (Lipinski definition) is 4. The highest BCUT2D eigenvalue weighted by molar-refractivity contribution is 6.02. The molecule has 1 heterocycles. The highest BCUT2D eigenvalue weighted by atomic mass is 16.3. The van der Waals surface area contributed by atoms with Crippen molar-refractivity contribution >= 4 is 11.6 Å². The van der Waals surface area contributed by atoms with E-state index in [4.69, 9.17) is 0 Å². The van der Waals surface area contributed by atoms with Crippen molar-refractivity contribution < 1.29 is 9.90 Å². The van der Waals surface area contributed by atoms with E-state index in [0.29, 0.717) is 11.4 Å². The number of benzene rings is 2. The van der Waals surface area contributed by atoms with E-state index in [1.54, 1.807) is 36.4 Å². The Labute approximate surface area is 131 Å². The van der Waals surface area contributed by atoms with Gasteiger partial charge in [-0.3, -0.25) is 9.59 Å². The standard InChI is InChI=1S/C17H13N3O3/c21-14-8-4-7-13(11-14)20-10-9-15(22)16(19-20)17(23)18-12-5-2-1-3-6-12/h1-11,21H,(H,18,23). The second kappa shape index (κ2) is 6.15. The molecule has 0 spiro atoms. The normalized spacial score (nSPS) is 10.3. The molecular formula is C17H13N3O3. The fourth-order valence-electron chi connectivity index (χ4n) is 2.06. The molecule has 23 heavy (non-hydrogen) atoms. The molecule has 0 aliphatic heterocycles. The Morgan fingerprint density at radius 1 is 1.04 bits per heavy atom. The van der Waals surface area contributed by atoms with Crippen LogP contribution in [0.25, 0.3) is 5.69 Å². The number of aromatic hydroxyl groups is 1. The average Bonchev–Trinajstić information content (AvgIpc) is 2.56. The zero-order valence-corrected chi connectivity index (χ0v) is 12.0. The maximum atomic E-state index is 12.2. The zero-order chi connectivity index (χ0) is 16.2. The minimum absolute atomic E-state index is 0.0679. The first-order valence-electron chi connectivity index (χ1n) is 6.89. The van der Waals surface area contributed by atoms with Crippen LogP contribution >= 0.6 is 0 Å². The van der Waals surface area contributed by atoms with Crippen molar-refractivity contribution in [2.24, 2.45) is 0 Å². The van der Waals surface area contributed by atoms with Crippen LogP contribution in [0, 0.1) is 0 Å². The molecule has 0 saturated heterocycles. The molecule has 0 fully saturated rings. The Kier molecular flexibility index (Phi) is 3.88. The number of carbonyl (C=O) groups excluding carboxylic acids is 1. The third-order valence-electron chi connectivity index (χ3n) is 3.15. The Morgan fingerprint density at radius 3 is 2.57 bits per heavy atom. The van der Waals surface area contributed by atoms with Crippen molar-refractivity contribution in [2.45, 2.75) is 0 Å². The third kappa shape index (κ3) is 3.26. The fraction of sp³-hybridized carbons (Fsp3) is 0. The molecule has 0 aliphatic rings. The van der Waals surface area contributed by atoms with Gasteiger partial charge in [-0.25, -0.2) is 4.68 Å². The summed E-state index contributed by atoms with van der Waals surface area (Å²) in [5.41, 5.74) is 0.416. The summed E-state index contributed by atoms with van der Waals surface area (Å²) in [6, 6.07) is 16.4. The molecule has 3 aromatic rings. The molecule has 2 aromatic carbocycles. The van der Waals surface area contributed by atoms with Crippen LogP contribution in [0.1, 0.15) is 10.5 Å². The second-order valence-corrected chi connectivity index (χ2v) is 4.81. The van der Waals surface area contributed by atoms with Crippen LogP contribution in [-0.2, 0) is 0 Å². The van der Waals surface area contributed by atoms with Crippen LogP contribution in [-0.4, -0.2) is 20.8 Å². The number of nitrogens with one attached hydrogen (secondary N) is 1. The summed E-state index contributed by atoms with van der Waals surface area (Å²) >= 11 is 0. The number of phenols is 1. The summed E-state index contributed by atoms with van der Waals surface area (Å²) in [6.07, 6.45) is 1.44. The summed E-state index contributed by atoms with van der Waals surface area (Å²) < 4.78 is 1.36. The Balaban J connectivity index is 1.95. The summed E-state index contributed by atoms with van der Waals surface area (Å²) in [5.74, 6) is -0.519. The van der Waals surface area contributed by atoms with E-state index in [0.717, 1.165) is 0 Å². The van der Waals surface area contributed by atoms with Gasteiger partial charge in [0.25, 0.3) is 5.91 Å². The van der Waals surface area contributed by atoms with E-state index < -0.39 is 11.3 Å².